The molecule has 36 heavy (non-hydrogen) atoms. The monoisotopic (exact) mass is 480 g/mol. The highest BCUT2D eigenvalue weighted by Gasteiger charge is 2.27. The number of para-hydroxylation sites is 2. The summed E-state index contributed by atoms with van der Waals surface area (Å²) >= 11 is 0. The number of hydrogen-bond donors (Lipinski definition) is 2. The van der Waals surface area contributed by atoms with Gasteiger partial charge in [-0.05, 0) is 68.8 Å². The Morgan fingerprint density at radius 2 is 1.67 bits per heavy atom. The van der Waals surface area contributed by atoms with Crippen molar-refractivity contribution in [2.24, 2.45) is 0 Å². The number of amides is 3. The smallest absolute Gasteiger partial charge is 0.278 e. The molecule has 5 rings (SSSR count). The van der Waals surface area contributed by atoms with Crippen molar-refractivity contribution in [1.29, 1.82) is 0 Å². The molecule has 1 aromatic heterocycles. The number of aromatic nitrogens is 3. The van der Waals surface area contributed by atoms with E-state index in [1.54, 1.807) is 49.4 Å². The van der Waals surface area contributed by atoms with E-state index in [1.165, 1.54) is 9.70 Å². The van der Waals surface area contributed by atoms with Crippen LogP contribution in [0.4, 0.5) is 17.1 Å². The van der Waals surface area contributed by atoms with Crippen LogP contribution in [0.25, 0.3) is 5.69 Å². The molecule has 2 heterocycles. The third-order valence-electron chi connectivity index (χ3n) is 5.97. The summed E-state index contributed by atoms with van der Waals surface area (Å²) in [6.45, 7) is 5.65. The molecular weight excluding hydrogens is 456 g/mol. The van der Waals surface area contributed by atoms with Gasteiger partial charge in [0.15, 0.2) is 5.69 Å². The third kappa shape index (κ3) is 4.34. The second-order valence-corrected chi connectivity index (χ2v) is 8.70. The fourth-order valence-corrected chi connectivity index (χ4v) is 4.18. The zero-order valence-electron chi connectivity index (χ0n) is 20.1. The Morgan fingerprint density at radius 1 is 0.917 bits per heavy atom. The first-order valence-electron chi connectivity index (χ1n) is 11.4. The van der Waals surface area contributed by atoms with E-state index in [2.05, 4.69) is 20.8 Å². The normalized spacial score (nSPS) is 12.6. The van der Waals surface area contributed by atoms with Crippen molar-refractivity contribution in [2.75, 3.05) is 22.1 Å². The standard InChI is InChI=1S/C27H24N6O3/c1-16-8-13-22(17(2)14-16)33-30-18(3)25(31-33)26(35)28-20-11-9-19(10-12-20)27(36)32-15-24(34)29-21-6-4-5-7-23(21)32/h4-14H,15H2,1-3H3,(H,28,35)(H,29,34). The maximum Gasteiger partial charge on any atom is 0.278 e. The Balaban J connectivity index is 1.32. The summed E-state index contributed by atoms with van der Waals surface area (Å²) in [6, 6.07) is 19.6. The zero-order valence-corrected chi connectivity index (χ0v) is 20.1. The van der Waals surface area contributed by atoms with Gasteiger partial charge in [0, 0.05) is 11.3 Å². The molecule has 1 aliphatic heterocycles. The Labute approximate surface area is 207 Å². The van der Waals surface area contributed by atoms with Crippen LogP contribution in [-0.4, -0.2) is 39.3 Å². The topological polar surface area (TPSA) is 109 Å². The fourth-order valence-electron chi connectivity index (χ4n) is 4.18. The van der Waals surface area contributed by atoms with Crippen molar-refractivity contribution < 1.29 is 14.4 Å². The highest BCUT2D eigenvalue weighted by atomic mass is 16.2. The summed E-state index contributed by atoms with van der Waals surface area (Å²) in [5.74, 6) is -0.957. The number of fused-ring (bicyclic) bond motifs is 1. The molecule has 0 bridgehead atoms. The van der Waals surface area contributed by atoms with Crippen molar-refractivity contribution in [2.45, 2.75) is 20.8 Å². The highest BCUT2D eigenvalue weighted by molar-refractivity contribution is 6.15. The van der Waals surface area contributed by atoms with Crippen LogP contribution in [0.15, 0.2) is 66.7 Å². The zero-order chi connectivity index (χ0) is 25.4. The quantitative estimate of drug-likeness (QED) is 0.458. The van der Waals surface area contributed by atoms with Crippen LogP contribution in [-0.2, 0) is 4.79 Å². The number of rotatable bonds is 4. The molecule has 0 saturated heterocycles. The van der Waals surface area contributed by atoms with Gasteiger partial charge in [-0.3, -0.25) is 19.3 Å². The lowest BCUT2D eigenvalue weighted by Crippen LogP contribution is -2.42. The molecule has 2 N–H and O–H groups in total. The van der Waals surface area contributed by atoms with Crippen molar-refractivity contribution in [3.8, 4) is 5.69 Å². The summed E-state index contributed by atoms with van der Waals surface area (Å²) in [5.41, 5.74) is 5.80. The van der Waals surface area contributed by atoms with Crippen LogP contribution in [0, 0.1) is 20.8 Å². The van der Waals surface area contributed by atoms with Crippen LogP contribution < -0.4 is 15.5 Å². The van der Waals surface area contributed by atoms with E-state index in [0.29, 0.717) is 28.3 Å². The summed E-state index contributed by atoms with van der Waals surface area (Å²) in [6.07, 6.45) is 0. The first-order chi connectivity index (χ1) is 17.3. The molecule has 0 aliphatic carbocycles. The molecule has 0 unspecified atom stereocenters. The van der Waals surface area contributed by atoms with Gasteiger partial charge in [0.1, 0.15) is 6.54 Å². The number of nitrogens with one attached hydrogen (secondary N) is 2. The molecule has 0 fully saturated rings. The van der Waals surface area contributed by atoms with Crippen molar-refractivity contribution in [3.05, 3.63) is 94.8 Å². The minimum Gasteiger partial charge on any atom is -0.323 e. The Kier molecular flexibility index (Phi) is 5.81. The molecule has 1 aliphatic rings. The maximum atomic E-state index is 13.1. The molecule has 180 valence electrons. The van der Waals surface area contributed by atoms with Gasteiger partial charge in [-0.2, -0.15) is 9.90 Å². The van der Waals surface area contributed by atoms with E-state index in [4.69, 9.17) is 0 Å². The molecule has 9 nitrogen and oxygen atoms in total. The molecule has 0 saturated carbocycles. The maximum absolute atomic E-state index is 13.1. The second kappa shape index (κ2) is 9.10. The molecule has 0 atom stereocenters. The minimum absolute atomic E-state index is 0.0657. The van der Waals surface area contributed by atoms with Gasteiger partial charge in [-0.15, -0.1) is 5.10 Å². The summed E-state index contributed by atoms with van der Waals surface area (Å²) in [4.78, 5) is 41.0. The number of anilines is 3. The molecule has 3 amide bonds. The average molecular weight is 481 g/mol. The SMILES string of the molecule is Cc1ccc(-n2nc(C)c(C(=O)Nc3ccc(C(=O)N4CC(=O)Nc5ccccc54)cc3)n2)c(C)c1. The largest absolute Gasteiger partial charge is 0.323 e. The van der Waals surface area contributed by atoms with Gasteiger partial charge in [0.25, 0.3) is 11.8 Å². The van der Waals surface area contributed by atoms with Crippen LogP contribution >= 0.6 is 0 Å². The van der Waals surface area contributed by atoms with E-state index in [9.17, 15) is 14.4 Å². The Hall–Kier alpha value is -4.79. The van der Waals surface area contributed by atoms with Crippen LogP contribution in [0.2, 0.25) is 0 Å². The number of aryl methyl sites for hydroxylation is 3. The number of carbonyl (C=O) groups is 3. The van der Waals surface area contributed by atoms with Crippen molar-refractivity contribution in [3.63, 3.8) is 0 Å². The molecule has 3 aromatic carbocycles. The third-order valence-corrected chi connectivity index (χ3v) is 5.97. The van der Waals surface area contributed by atoms with Gasteiger partial charge in [0.2, 0.25) is 5.91 Å². The van der Waals surface area contributed by atoms with E-state index >= 15 is 0 Å². The van der Waals surface area contributed by atoms with E-state index in [0.717, 1.165) is 16.8 Å². The summed E-state index contributed by atoms with van der Waals surface area (Å²) in [7, 11) is 0. The van der Waals surface area contributed by atoms with Gasteiger partial charge in [-0.25, -0.2) is 0 Å². The van der Waals surface area contributed by atoms with Crippen molar-refractivity contribution >= 4 is 34.8 Å². The van der Waals surface area contributed by atoms with Crippen LogP contribution in [0.1, 0.15) is 37.7 Å². The molecule has 0 spiro atoms. The van der Waals surface area contributed by atoms with E-state index in [-0.39, 0.29) is 24.1 Å². The predicted molar refractivity (Wildman–Crippen MR) is 137 cm³/mol. The fraction of sp³-hybridized carbons (Fsp3) is 0.148. The molecule has 4 aromatic rings. The first-order valence-corrected chi connectivity index (χ1v) is 11.4. The Morgan fingerprint density at radius 3 is 2.42 bits per heavy atom. The van der Waals surface area contributed by atoms with E-state index < -0.39 is 5.91 Å². The lowest BCUT2D eigenvalue weighted by atomic mass is 10.1. The predicted octanol–water partition coefficient (Wildman–Crippen LogP) is 4.04. The lowest BCUT2D eigenvalue weighted by Gasteiger charge is -2.29. The lowest BCUT2D eigenvalue weighted by molar-refractivity contribution is -0.115. The van der Waals surface area contributed by atoms with Gasteiger partial charge >= 0.3 is 0 Å². The number of carbonyl (C=O) groups excluding carboxylic acids is 3. The number of hydrogen-bond acceptors (Lipinski definition) is 5. The second-order valence-electron chi connectivity index (χ2n) is 8.70. The van der Waals surface area contributed by atoms with Crippen LogP contribution in [0.5, 0.6) is 0 Å². The minimum atomic E-state index is -0.399. The van der Waals surface area contributed by atoms with Gasteiger partial charge in [0.05, 0.1) is 22.8 Å². The molecule has 0 radical (unpaired) electrons. The average Bonchev–Trinajstić information content (AvgIpc) is 3.24. The molecular formula is C27H24N6O3. The number of benzene rings is 3. The summed E-state index contributed by atoms with van der Waals surface area (Å²) < 4.78 is 0. The van der Waals surface area contributed by atoms with Gasteiger partial charge < -0.3 is 10.6 Å². The number of nitrogens with zero attached hydrogens (tertiary/aromatic N) is 4. The highest BCUT2D eigenvalue weighted by Crippen LogP contribution is 2.30. The van der Waals surface area contributed by atoms with Crippen LogP contribution in [0.3, 0.4) is 0 Å². The first kappa shape index (κ1) is 23.0. The Bertz CT molecular complexity index is 1510. The molecule has 9 heteroatoms. The van der Waals surface area contributed by atoms with E-state index in [1.807, 2.05) is 38.1 Å². The summed E-state index contributed by atoms with van der Waals surface area (Å²) in [5, 5.41) is 14.4. The van der Waals surface area contributed by atoms with Crippen molar-refractivity contribution in [1.82, 2.24) is 15.0 Å². The van der Waals surface area contributed by atoms with Gasteiger partial charge in [-0.1, -0.05) is 29.8 Å².